The SMILES string of the molecule is CC(C)(C)c1c[c-]c(N2c3cc(C(C)(C)C)ccc3B3c4ccc(N(c5ccccc5)c5ccc(C(C)(C)C)cc5-c5ccccc5)cc4N(c4ccc(-c5cccc6c5oc5ccccc56)cc4)c4cc(-c5ccc(C(C)(C)C)cc5)cc2c43)[c-]c1.[Cd].[Cd]. The van der Waals surface area contributed by atoms with Crippen molar-refractivity contribution in [2.75, 3.05) is 14.7 Å². The fourth-order valence-electron chi connectivity index (χ4n) is 13.2. The molecule has 0 N–H and O–H groups in total. The van der Waals surface area contributed by atoms with Crippen molar-refractivity contribution in [1.82, 2.24) is 0 Å². The molecule has 0 unspecified atom stereocenters. The molecule has 7 heteroatoms. The quantitative estimate of drug-likeness (QED) is 0.112. The molecule has 0 saturated heterocycles. The van der Waals surface area contributed by atoms with Gasteiger partial charge in [0.1, 0.15) is 11.2 Å². The molecular weight excluding hydrogens is 1280 g/mol. The largest absolute Gasteiger partial charge is 0.455 e. The van der Waals surface area contributed by atoms with Crippen LogP contribution in [-0.4, -0.2) is 6.71 Å². The first-order valence-electron chi connectivity index (χ1n) is 30.8. The number of hydrogen-bond donors (Lipinski definition) is 0. The summed E-state index contributed by atoms with van der Waals surface area (Å²) in [5.74, 6) is 0. The average Bonchev–Trinajstić information content (AvgIpc) is 1.20. The zero-order valence-corrected chi connectivity index (χ0v) is 61.8. The van der Waals surface area contributed by atoms with E-state index in [2.05, 4.69) is 334 Å². The number of fused-ring (bicyclic) bond motifs is 7. The second-order valence-corrected chi connectivity index (χ2v) is 28.1. The van der Waals surface area contributed by atoms with Gasteiger partial charge in [0.2, 0.25) is 0 Å². The van der Waals surface area contributed by atoms with Gasteiger partial charge in [-0.25, -0.2) is 0 Å². The summed E-state index contributed by atoms with van der Waals surface area (Å²) in [6, 6.07) is 93.6. The molecule has 0 amide bonds. The monoisotopic (exact) mass is 1360 g/mol. The zero-order chi connectivity index (χ0) is 60.3. The maximum absolute atomic E-state index is 6.67. The predicted octanol–water partition coefficient (Wildman–Crippen LogP) is 20.9. The van der Waals surface area contributed by atoms with E-state index in [9.17, 15) is 0 Å². The van der Waals surface area contributed by atoms with E-state index in [1.54, 1.807) is 0 Å². The minimum absolute atomic E-state index is 0. The Morgan fingerprint density at radius 3 is 1.56 bits per heavy atom. The van der Waals surface area contributed by atoms with Crippen LogP contribution in [0.4, 0.5) is 51.2 Å². The molecule has 89 heavy (non-hydrogen) atoms. The van der Waals surface area contributed by atoms with Crippen molar-refractivity contribution < 1.29 is 59.0 Å². The third kappa shape index (κ3) is 11.2. The molecule has 14 rings (SSSR count). The Morgan fingerprint density at radius 1 is 0.382 bits per heavy atom. The van der Waals surface area contributed by atoms with Crippen molar-refractivity contribution in [1.29, 1.82) is 0 Å². The molecular formula is C82H74BCd2N3O-2. The Balaban J connectivity index is 0.00000385. The van der Waals surface area contributed by atoms with Crippen LogP contribution in [-0.2, 0) is 76.3 Å². The van der Waals surface area contributed by atoms with Gasteiger partial charge >= 0.3 is 0 Å². The molecule has 12 aromatic rings. The van der Waals surface area contributed by atoms with Gasteiger partial charge < -0.3 is 31.2 Å². The van der Waals surface area contributed by atoms with E-state index in [0.29, 0.717) is 0 Å². The van der Waals surface area contributed by atoms with Crippen molar-refractivity contribution in [2.24, 2.45) is 0 Å². The van der Waals surface area contributed by atoms with Crippen molar-refractivity contribution in [3.05, 3.63) is 265 Å². The molecule has 0 radical (unpaired) electrons. The molecule has 0 bridgehead atoms. The van der Waals surface area contributed by atoms with Crippen LogP contribution in [0.2, 0.25) is 0 Å². The summed E-state index contributed by atoms with van der Waals surface area (Å²) in [6.45, 7) is 27.4. The molecule has 2 aliphatic rings. The van der Waals surface area contributed by atoms with Crippen LogP contribution in [0, 0.1) is 12.1 Å². The molecule has 432 valence electrons. The molecule has 0 fully saturated rings. The summed E-state index contributed by atoms with van der Waals surface area (Å²) in [5, 5.41) is 2.23. The Morgan fingerprint density at radius 2 is 0.910 bits per heavy atom. The van der Waals surface area contributed by atoms with Crippen LogP contribution >= 0.6 is 0 Å². The van der Waals surface area contributed by atoms with Crippen molar-refractivity contribution in [3.8, 4) is 33.4 Å². The number of nitrogens with zero attached hydrogens (tertiary/aromatic N) is 3. The number of benzene rings is 11. The van der Waals surface area contributed by atoms with Crippen LogP contribution in [0.3, 0.4) is 0 Å². The minimum atomic E-state index is -0.136. The van der Waals surface area contributed by atoms with E-state index in [4.69, 9.17) is 4.42 Å². The average molecular weight is 1350 g/mol. The van der Waals surface area contributed by atoms with Gasteiger partial charge in [0, 0.05) is 116 Å². The topological polar surface area (TPSA) is 22.9 Å². The summed E-state index contributed by atoms with van der Waals surface area (Å²) >= 11 is 0. The number of hydrogen-bond acceptors (Lipinski definition) is 4. The summed E-state index contributed by atoms with van der Waals surface area (Å²) < 4.78 is 6.67. The van der Waals surface area contributed by atoms with Crippen LogP contribution in [0.25, 0.3) is 55.3 Å². The van der Waals surface area contributed by atoms with Crippen molar-refractivity contribution in [3.63, 3.8) is 0 Å². The molecule has 0 saturated carbocycles. The first kappa shape index (κ1) is 61.8. The Kier molecular flexibility index (Phi) is 16.2. The fourth-order valence-corrected chi connectivity index (χ4v) is 13.2. The maximum Gasteiger partial charge on any atom is 0.252 e. The Labute approximate surface area is 568 Å². The van der Waals surface area contributed by atoms with Gasteiger partial charge in [-0.05, 0) is 144 Å². The molecule has 4 nitrogen and oxygen atoms in total. The van der Waals surface area contributed by atoms with Gasteiger partial charge in [-0.2, -0.15) is 5.69 Å². The molecule has 0 aliphatic carbocycles. The molecule has 11 aromatic carbocycles. The van der Waals surface area contributed by atoms with E-state index in [0.717, 1.165) is 95.4 Å². The van der Waals surface area contributed by atoms with Gasteiger partial charge in [0.25, 0.3) is 6.71 Å². The molecule has 0 spiro atoms. The van der Waals surface area contributed by atoms with E-state index < -0.39 is 0 Å². The van der Waals surface area contributed by atoms with Gasteiger partial charge in [0.05, 0.1) is 5.69 Å². The number of para-hydroxylation sites is 3. The summed E-state index contributed by atoms with van der Waals surface area (Å²) in [7, 11) is 0. The van der Waals surface area contributed by atoms with E-state index in [1.807, 2.05) is 6.07 Å². The van der Waals surface area contributed by atoms with Crippen LogP contribution in [0.5, 0.6) is 0 Å². The standard InChI is InChI=1S/C82H74BN3O.2Cd/c1-79(2,3)57-34-30-53(31-35-57)56-48-74-77-75(49-56)86(62-40-32-55(33-41-62)65-27-21-28-67-66-26-19-20-29-76(66)87-78(65)67)73-52-64(84(61-24-17-14-18-25-61)71-47-39-59(81(7,8)9)50-68(71)54-22-15-13-16-23-54)44-46-70(73)83(77)69-45-38-60(82(10,11)12)51-72(69)85(74)63-42-36-58(37-43-63)80(4,5)6;;/h13-41,44-52H,1-12H3;;/q-2;;. The van der Waals surface area contributed by atoms with Crippen LogP contribution in [0.15, 0.2) is 235 Å². The Bertz CT molecular complexity index is 4600. The molecule has 0 atom stereocenters. The first-order chi connectivity index (χ1) is 41.7. The predicted molar refractivity (Wildman–Crippen MR) is 371 cm³/mol. The van der Waals surface area contributed by atoms with Crippen molar-refractivity contribution in [2.45, 2.75) is 105 Å². The normalized spacial score (nSPS) is 12.9. The molecule has 2 aliphatic heterocycles. The summed E-state index contributed by atoms with van der Waals surface area (Å²) in [5.41, 5.74) is 26.7. The number of rotatable bonds is 8. The van der Waals surface area contributed by atoms with Crippen molar-refractivity contribution >= 4 is 96.2 Å². The fraction of sp³-hybridized carbons (Fsp3) is 0.195. The van der Waals surface area contributed by atoms with E-state index in [1.165, 1.54) is 49.8 Å². The molecule has 3 heterocycles. The first-order valence-corrected chi connectivity index (χ1v) is 30.8. The minimum Gasteiger partial charge on any atom is -0.455 e. The van der Waals surface area contributed by atoms with E-state index >= 15 is 0 Å². The second kappa shape index (κ2) is 23.4. The summed E-state index contributed by atoms with van der Waals surface area (Å²) in [6.07, 6.45) is 0. The van der Waals surface area contributed by atoms with Crippen LogP contribution in [0.1, 0.15) is 105 Å². The molecule has 1 aromatic heterocycles. The van der Waals surface area contributed by atoms with Gasteiger partial charge in [-0.15, -0.1) is 5.41 Å². The maximum atomic E-state index is 6.67. The zero-order valence-electron chi connectivity index (χ0n) is 53.7. The van der Waals surface area contributed by atoms with E-state index in [-0.39, 0.29) is 83.0 Å². The number of anilines is 9. The third-order valence-corrected chi connectivity index (χ3v) is 18.1. The van der Waals surface area contributed by atoms with Gasteiger partial charge in [-0.1, -0.05) is 229 Å². The van der Waals surface area contributed by atoms with Gasteiger partial charge in [0.15, 0.2) is 0 Å². The second-order valence-electron chi connectivity index (χ2n) is 28.1. The third-order valence-electron chi connectivity index (χ3n) is 18.1. The number of furan rings is 1. The summed E-state index contributed by atoms with van der Waals surface area (Å²) in [4.78, 5) is 7.49. The smallest absolute Gasteiger partial charge is 0.252 e. The van der Waals surface area contributed by atoms with Gasteiger partial charge in [-0.3, -0.25) is 17.7 Å². The Hall–Kier alpha value is -7.47. The van der Waals surface area contributed by atoms with Crippen LogP contribution < -0.4 is 31.1 Å².